The molecule has 4 aliphatic heterocycles. The zero-order chi connectivity index (χ0) is 60.0. The fourth-order valence-corrected chi connectivity index (χ4v) is 12.3. The summed E-state index contributed by atoms with van der Waals surface area (Å²) < 4.78 is 86.8. The number of amides is 4. The van der Waals surface area contributed by atoms with E-state index < -0.39 is 125 Å². The predicted octanol–water partition coefficient (Wildman–Crippen LogP) is 10.2. The van der Waals surface area contributed by atoms with Crippen LogP contribution in [0.4, 0.5) is 27.2 Å². The quantitative estimate of drug-likeness (QED) is 0.143. The number of carbonyl (C=O) groups is 4. The minimum Gasteiger partial charge on any atom is -0.540 e. The number of nitrogens with zero attached hydrogens (tertiary/aromatic N) is 6. The molecule has 2 radical (unpaired) electrons. The Kier molecular flexibility index (Phi) is 20.8. The number of aromatic nitrogens is 4. The molecule has 4 aromatic rings. The Bertz CT molecular complexity index is 3100. The van der Waals surface area contributed by atoms with Gasteiger partial charge in [0, 0.05) is 55.9 Å². The Morgan fingerprint density at radius 3 is 1.42 bits per heavy atom. The molecule has 0 unspecified atom stereocenters. The van der Waals surface area contributed by atoms with Crippen molar-refractivity contribution in [3.63, 3.8) is 0 Å². The van der Waals surface area contributed by atoms with E-state index in [0.29, 0.717) is 73.4 Å². The van der Waals surface area contributed by atoms with Crippen LogP contribution in [-0.2, 0) is 77.6 Å². The van der Waals surface area contributed by atoms with Gasteiger partial charge in [0.1, 0.15) is 36.0 Å². The van der Waals surface area contributed by atoms with E-state index >= 15 is 17.6 Å². The van der Waals surface area contributed by atoms with Crippen LogP contribution in [0.25, 0.3) is 22.1 Å². The molecule has 2 saturated heterocycles. The molecular formula is C61H76F4N8O10V2-2. The number of hydrogen-bond acceptors (Lipinski definition) is 14. The Hall–Kier alpha value is -5.57. The zero-order valence-electron chi connectivity index (χ0n) is 49.5. The van der Waals surface area contributed by atoms with Crippen molar-refractivity contribution in [3.05, 3.63) is 59.9 Å². The number of alkyl halides is 4. The fraction of sp³-hybridized carbons (Fsp3) is 0.639. The van der Waals surface area contributed by atoms with Gasteiger partial charge < -0.3 is 49.0 Å². The van der Waals surface area contributed by atoms with Crippen LogP contribution < -0.4 is 20.1 Å². The molecule has 2 aliphatic carbocycles. The molecule has 18 nitrogen and oxygen atoms in total. The minimum atomic E-state index is -3.33. The summed E-state index contributed by atoms with van der Waals surface area (Å²) in [5.41, 5.74) is -1.81. The van der Waals surface area contributed by atoms with E-state index in [9.17, 15) is 28.8 Å². The average molecular weight is 1260 g/mol. The third-order valence-electron chi connectivity index (χ3n) is 17.4. The Labute approximate surface area is 517 Å². The van der Waals surface area contributed by atoms with Crippen molar-refractivity contribution in [2.24, 2.45) is 34.5 Å². The molecule has 2 aromatic carbocycles. The molecule has 24 heteroatoms. The van der Waals surface area contributed by atoms with Crippen LogP contribution >= 0.6 is 0 Å². The molecule has 12 atom stereocenters. The third kappa shape index (κ3) is 14.7. The fourth-order valence-electron chi connectivity index (χ4n) is 12.3. The van der Waals surface area contributed by atoms with Gasteiger partial charge in [-0.25, -0.2) is 42.1 Å². The Balaban J connectivity index is 0.000000238. The van der Waals surface area contributed by atoms with Gasteiger partial charge in [0.2, 0.25) is 23.6 Å². The van der Waals surface area contributed by atoms with E-state index in [1.807, 2.05) is 74.9 Å². The number of halogens is 4. The summed E-state index contributed by atoms with van der Waals surface area (Å²) in [5.74, 6) is -9.17. The van der Waals surface area contributed by atoms with E-state index in [2.05, 4.69) is 30.6 Å². The Morgan fingerprint density at radius 1 is 0.600 bits per heavy atom. The summed E-state index contributed by atoms with van der Waals surface area (Å²) in [6.07, 6.45) is 4.57. The number of benzene rings is 2. The van der Waals surface area contributed by atoms with Crippen molar-refractivity contribution in [1.82, 2.24) is 40.4 Å². The summed E-state index contributed by atoms with van der Waals surface area (Å²) in [6.45, 7) is 16.2. The van der Waals surface area contributed by atoms with Crippen LogP contribution in [0.15, 0.2) is 48.5 Å². The molecule has 4 bridgehead atoms. The van der Waals surface area contributed by atoms with E-state index in [0.717, 1.165) is 0 Å². The summed E-state index contributed by atoms with van der Waals surface area (Å²) in [5, 5.41) is 5.49. The van der Waals surface area contributed by atoms with Crippen LogP contribution in [0.1, 0.15) is 151 Å². The second-order valence-electron chi connectivity index (χ2n) is 25.6. The van der Waals surface area contributed by atoms with Crippen LogP contribution in [0.2, 0.25) is 0 Å². The van der Waals surface area contributed by atoms with Gasteiger partial charge in [0.05, 0.1) is 35.2 Å². The maximum absolute atomic E-state index is 15.8. The number of hydrogen-bond donors (Lipinski definition) is 2. The summed E-state index contributed by atoms with van der Waals surface area (Å²) in [6, 6.07) is 9.47. The van der Waals surface area contributed by atoms with Crippen molar-refractivity contribution in [1.29, 1.82) is 0 Å². The van der Waals surface area contributed by atoms with Gasteiger partial charge in [-0.1, -0.05) is 117 Å². The van der Waals surface area contributed by atoms with Crippen molar-refractivity contribution >= 4 is 58.6 Å². The number of nitrogens with one attached hydrogen (secondary N) is 2. The van der Waals surface area contributed by atoms with Crippen molar-refractivity contribution < 1.29 is 102 Å². The van der Waals surface area contributed by atoms with Gasteiger partial charge in [-0.15, -0.1) is 0 Å². The Morgan fingerprint density at radius 2 is 1.01 bits per heavy atom. The van der Waals surface area contributed by atoms with Gasteiger partial charge in [0.25, 0.3) is 11.8 Å². The molecule has 0 spiro atoms. The number of ether oxygens (including phenoxy) is 4. The van der Waals surface area contributed by atoms with E-state index in [1.165, 1.54) is 9.80 Å². The second kappa shape index (κ2) is 26.4. The molecule has 2 N–H and O–H groups in total. The van der Waals surface area contributed by atoms with Crippen LogP contribution in [0.5, 0.6) is 11.8 Å². The van der Waals surface area contributed by atoms with Crippen LogP contribution in [-0.4, -0.2) is 127 Å². The molecule has 2 aromatic heterocycles. The molecule has 6 heterocycles. The maximum atomic E-state index is 15.8. The largest absolute Gasteiger partial charge is 0.540 e. The van der Waals surface area contributed by atoms with Gasteiger partial charge >= 0.3 is 12.2 Å². The first kappa shape index (κ1) is 66.9. The standard InChI is InChI=1S/C31H39F2N4O5.C30H37F2N4O5.2V/c1-6-19-22(17-38)37-16-23(19)41-26-24(34-20-12-7-8-13-21(20)35-26)31(32,33)14-10-9-11-18-15-30(18,5)42-28(40)36-25(27(37)39)29(2,3)4;1-5-18-21(16-37)36-15-23(18)40-26-24(33-19-11-6-7-12-20(19)34-26)30(31,32)13-9-8-10-17-14-22(17)41-28(39)35-25(27(36)38)29(2,3)4;;/h7-8,12-13,18-19,22-23,25H,6,9-11,14-16H2,1-5H3,(H,36,40);6-7,11-12,17-18,21-23,25H,5,8-10,13-15H2,1-4H3,(H,35,39);;/q2*-1;;/t18-,19+,22-,23+,25-,30-;17-,18+,21-,22-,23+,25-;;/m11../s1. The summed E-state index contributed by atoms with van der Waals surface area (Å²) in [7, 11) is 0. The van der Waals surface area contributed by atoms with Crippen molar-refractivity contribution in [2.45, 2.75) is 199 Å². The number of rotatable bonds is 4. The van der Waals surface area contributed by atoms with Crippen molar-refractivity contribution in [2.75, 3.05) is 13.1 Å². The number of para-hydroxylation sites is 4. The van der Waals surface area contributed by atoms with Gasteiger partial charge in [-0.3, -0.25) is 9.59 Å². The first-order valence-electron chi connectivity index (χ1n) is 29.2. The molecule has 4 fully saturated rings. The van der Waals surface area contributed by atoms with Crippen LogP contribution in [0, 0.1) is 34.5 Å². The first-order chi connectivity index (χ1) is 39.2. The van der Waals surface area contributed by atoms with E-state index in [1.54, 1.807) is 48.5 Å². The second-order valence-corrected chi connectivity index (χ2v) is 25.6. The first-order valence-corrected chi connectivity index (χ1v) is 29.2. The number of alkyl carbamates (subject to hydrolysis) is 2. The smallest absolute Gasteiger partial charge is 0.408 e. The van der Waals surface area contributed by atoms with Crippen LogP contribution in [0.3, 0.4) is 0 Å². The van der Waals surface area contributed by atoms with E-state index in [-0.39, 0.29) is 92.7 Å². The SMILES string of the molecule is CC[C@@H]1[C@@H]2CN(C(=O)[C@H](C(C)(C)C)NC(=O)O[C@@H]3C[C@H]3CCCCC(F)(F)c3nc4ccccc4nc3O2)[C@@H]1[C-]=O.CC[C@@H]1[C@@H]2CN(C(=O)[C@H](C(C)(C)C)NC(=O)O[C@]3(C)C[C@H]3CCCCC(F)(F)c3nc4ccccc4nc3O2)[C@@H]1[C-]=O.[V].[V]. The van der Waals surface area contributed by atoms with Gasteiger partial charge in [0.15, 0.2) is 11.4 Å². The van der Waals surface area contributed by atoms with Gasteiger partial charge in [-0.05, 0) is 98.3 Å². The molecular weight excluding hydrogens is 1180 g/mol. The van der Waals surface area contributed by atoms with E-state index in [4.69, 9.17) is 18.9 Å². The summed E-state index contributed by atoms with van der Waals surface area (Å²) in [4.78, 5) is 98.4. The van der Waals surface area contributed by atoms with Gasteiger partial charge in [-0.2, -0.15) is 17.6 Å². The molecule has 85 heavy (non-hydrogen) atoms. The average Bonchev–Trinajstić information content (AvgIpc) is 2.27. The molecule has 10 rings (SSSR count). The predicted molar refractivity (Wildman–Crippen MR) is 297 cm³/mol. The molecule has 460 valence electrons. The molecule has 4 amide bonds. The third-order valence-corrected chi connectivity index (χ3v) is 17.4. The zero-order valence-corrected chi connectivity index (χ0v) is 52.3. The topological polar surface area (TPSA) is 221 Å². The number of carbonyl (C=O) groups excluding carboxylic acids is 6. The molecule has 6 aliphatic rings. The normalized spacial score (nSPS) is 30.6. The van der Waals surface area contributed by atoms with Crippen molar-refractivity contribution in [3.8, 4) is 11.8 Å². The number of fused-ring (bicyclic) bond motifs is 10. The maximum Gasteiger partial charge on any atom is 0.408 e. The minimum absolute atomic E-state index is 0. The monoisotopic (exact) mass is 1260 g/mol. The summed E-state index contributed by atoms with van der Waals surface area (Å²) >= 11 is 0. The molecule has 2 saturated carbocycles.